The van der Waals surface area contributed by atoms with Crippen molar-refractivity contribution in [2.75, 3.05) is 13.1 Å². The molecule has 0 saturated carbocycles. The molecule has 28 heavy (non-hydrogen) atoms. The van der Waals surface area contributed by atoms with Gasteiger partial charge >= 0.3 is 0 Å². The number of fused-ring (bicyclic) bond motifs is 6. The molecule has 0 fully saturated rings. The highest BCUT2D eigenvalue weighted by Gasteiger charge is 2.18. The van der Waals surface area contributed by atoms with Crippen LogP contribution in [0.2, 0.25) is 0 Å². The summed E-state index contributed by atoms with van der Waals surface area (Å²) in [5.41, 5.74) is 4.83. The number of hydrogen-bond donors (Lipinski definition) is 2. The van der Waals surface area contributed by atoms with Crippen molar-refractivity contribution in [3.63, 3.8) is 0 Å². The molecule has 2 aromatic heterocycles. The molecule has 0 atom stereocenters. The molecule has 0 radical (unpaired) electrons. The maximum absolute atomic E-state index is 13.9. The molecule has 0 unspecified atom stereocenters. The summed E-state index contributed by atoms with van der Waals surface area (Å²) in [5, 5.41) is 8.01. The van der Waals surface area contributed by atoms with Crippen molar-refractivity contribution in [1.29, 1.82) is 0 Å². The Morgan fingerprint density at radius 2 is 1.93 bits per heavy atom. The van der Waals surface area contributed by atoms with Gasteiger partial charge in [0.1, 0.15) is 5.82 Å². The second kappa shape index (κ2) is 6.42. The Hall–Kier alpha value is -3.25. The Morgan fingerprint density at radius 1 is 1.04 bits per heavy atom. The standard InChI is InChI=1S/C22H19FN4O/c1-27-12-18-16-8-13(2-5-21(16)27)11-24-6-7-25-22(28)17-10-20(18)26-19-9-14(23)3-4-15(17)19/h2-5,8-10,12,24H,6-7,11H2,1H3,(H,25,28). The van der Waals surface area contributed by atoms with Crippen LogP contribution in [0.25, 0.3) is 33.1 Å². The lowest BCUT2D eigenvalue weighted by molar-refractivity contribution is 0.0955. The second-order valence-corrected chi connectivity index (χ2v) is 7.15. The molecular formula is C22H19FN4O. The first-order valence-electron chi connectivity index (χ1n) is 9.28. The minimum absolute atomic E-state index is 0.180. The van der Waals surface area contributed by atoms with E-state index in [1.54, 1.807) is 6.07 Å². The molecule has 3 heterocycles. The average Bonchev–Trinajstić information content (AvgIpc) is 3.02. The van der Waals surface area contributed by atoms with Crippen LogP contribution in [0.3, 0.4) is 0 Å². The predicted molar refractivity (Wildman–Crippen MR) is 108 cm³/mol. The van der Waals surface area contributed by atoms with Crippen molar-refractivity contribution < 1.29 is 9.18 Å². The highest BCUT2D eigenvalue weighted by Crippen LogP contribution is 2.32. The smallest absolute Gasteiger partial charge is 0.252 e. The number of aryl methyl sites for hydroxylation is 1. The SMILES string of the molecule is Cn1cc2c3cc(ccc31)CNCCNC(=O)c1cc-2nc2cc(F)ccc12. The van der Waals surface area contributed by atoms with Crippen molar-refractivity contribution >= 4 is 27.7 Å². The van der Waals surface area contributed by atoms with Crippen LogP contribution in [-0.2, 0) is 13.6 Å². The number of rotatable bonds is 0. The normalized spacial score (nSPS) is 14.6. The number of pyridine rings is 1. The molecule has 0 spiro atoms. The van der Waals surface area contributed by atoms with Gasteiger partial charge in [0.15, 0.2) is 0 Å². The third-order valence-corrected chi connectivity index (χ3v) is 5.26. The maximum Gasteiger partial charge on any atom is 0.252 e. The average molecular weight is 374 g/mol. The molecule has 4 bridgehead atoms. The van der Waals surface area contributed by atoms with Crippen LogP contribution < -0.4 is 10.6 Å². The van der Waals surface area contributed by atoms with E-state index in [9.17, 15) is 9.18 Å². The van der Waals surface area contributed by atoms with Crippen LogP contribution in [-0.4, -0.2) is 28.5 Å². The van der Waals surface area contributed by atoms with E-state index in [1.165, 1.54) is 12.1 Å². The fraction of sp³-hybridized carbons (Fsp3) is 0.182. The Balaban J connectivity index is 1.85. The first-order valence-corrected chi connectivity index (χ1v) is 9.28. The first-order chi connectivity index (χ1) is 13.6. The fourth-order valence-corrected chi connectivity index (χ4v) is 3.87. The van der Waals surface area contributed by atoms with Gasteiger partial charge in [-0.15, -0.1) is 0 Å². The fourth-order valence-electron chi connectivity index (χ4n) is 3.87. The number of halogens is 1. The predicted octanol–water partition coefficient (Wildman–Crippen LogP) is 3.37. The summed E-state index contributed by atoms with van der Waals surface area (Å²) in [7, 11) is 1.99. The molecule has 2 N–H and O–H groups in total. The van der Waals surface area contributed by atoms with Crippen molar-refractivity contribution in [3.8, 4) is 11.3 Å². The van der Waals surface area contributed by atoms with E-state index in [2.05, 4.69) is 28.8 Å². The Bertz CT molecular complexity index is 1240. The molecule has 1 aliphatic heterocycles. The maximum atomic E-state index is 13.9. The van der Waals surface area contributed by atoms with Crippen molar-refractivity contribution in [3.05, 3.63) is 65.6 Å². The van der Waals surface area contributed by atoms with E-state index in [-0.39, 0.29) is 11.7 Å². The van der Waals surface area contributed by atoms with E-state index in [4.69, 9.17) is 4.98 Å². The van der Waals surface area contributed by atoms with Crippen molar-refractivity contribution in [1.82, 2.24) is 20.2 Å². The van der Waals surface area contributed by atoms with E-state index in [1.807, 2.05) is 23.9 Å². The second-order valence-electron chi connectivity index (χ2n) is 7.15. The molecule has 4 aromatic rings. The van der Waals surface area contributed by atoms with Crippen LogP contribution in [0.15, 0.2) is 48.7 Å². The van der Waals surface area contributed by atoms with Gasteiger partial charge in [-0.2, -0.15) is 0 Å². The molecule has 140 valence electrons. The Kier molecular flexibility index (Phi) is 3.87. The number of aromatic nitrogens is 2. The molecule has 1 aliphatic rings. The zero-order valence-electron chi connectivity index (χ0n) is 15.4. The van der Waals surface area contributed by atoms with E-state index < -0.39 is 0 Å². The van der Waals surface area contributed by atoms with Gasteiger partial charge in [-0.1, -0.05) is 6.07 Å². The molecule has 0 saturated heterocycles. The number of hydrogen-bond acceptors (Lipinski definition) is 3. The number of benzene rings is 2. The van der Waals surface area contributed by atoms with Gasteiger partial charge < -0.3 is 15.2 Å². The summed E-state index contributed by atoms with van der Waals surface area (Å²) < 4.78 is 15.9. The summed E-state index contributed by atoms with van der Waals surface area (Å²) in [6, 6.07) is 12.5. The van der Waals surface area contributed by atoms with Gasteiger partial charge in [-0.25, -0.2) is 9.37 Å². The van der Waals surface area contributed by atoms with Gasteiger partial charge in [0.05, 0.1) is 16.8 Å². The number of amides is 1. The highest BCUT2D eigenvalue weighted by atomic mass is 19.1. The quantitative estimate of drug-likeness (QED) is 0.496. The third kappa shape index (κ3) is 2.73. The number of carbonyl (C=O) groups excluding carboxylic acids is 1. The zero-order valence-corrected chi connectivity index (χ0v) is 15.4. The summed E-state index contributed by atoms with van der Waals surface area (Å²) in [6.45, 7) is 1.89. The van der Waals surface area contributed by atoms with Gasteiger partial charge in [-0.05, 0) is 35.9 Å². The van der Waals surface area contributed by atoms with E-state index in [0.29, 0.717) is 35.2 Å². The molecule has 5 rings (SSSR count). The number of nitrogens with zero attached hydrogens (tertiary/aromatic N) is 2. The minimum atomic E-state index is -0.370. The van der Waals surface area contributed by atoms with Gasteiger partial charge in [0, 0.05) is 60.8 Å². The van der Waals surface area contributed by atoms with Gasteiger partial charge in [0.25, 0.3) is 5.91 Å². The molecule has 1 amide bonds. The molecular weight excluding hydrogens is 355 g/mol. The first kappa shape index (κ1) is 16.9. The van der Waals surface area contributed by atoms with Gasteiger partial charge in [0.2, 0.25) is 0 Å². The van der Waals surface area contributed by atoms with Crippen LogP contribution in [0.1, 0.15) is 15.9 Å². The summed E-state index contributed by atoms with van der Waals surface area (Å²) in [5.74, 6) is -0.550. The number of nitrogens with one attached hydrogen (secondary N) is 2. The Morgan fingerprint density at radius 3 is 2.82 bits per heavy atom. The van der Waals surface area contributed by atoms with Crippen LogP contribution >= 0.6 is 0 Å². The highest BCUT2D eigenvalue weighted by molar-refractivity contribution is 6.08. The lowest BCUT2D eigenvalue weighted by Crippen LogP contribution is -2.31. The summed E-state index contributed by atoms with van der Waals surface area (Å²) >= 11 is 0. The van der Waals surface area contributed by atoms with Crippen LogP contribution in [0.4, 0.5) is 4.39 Å². The number of carbonyl (C=O) groups is 1. The third-order valence-electron chi connectivity index (χ3n) is 5.26. The van der Waals surface area contributed by atoms with E-state index in [0.717, 1.165) is 28.6 Å². The largest absolute Gasteiger partial charge is 0.351 e. The molecule has 0 aliphatic carbocycles. The topological polar surface area (TPSA) is 59.0 Å². The summed E-state index contributed by atoms with van der Waals surface area (Å²) in [4.78, 5) is 17.5. The van der Waals surface area contributed by atoms with Crippen molar-refractivity contribution in [2.45, 2.75) is 6.54 Å². The van der Waals surface area contributed by atoms with Crippen molar-refractivity contribution in [2.24, 2.45) is 7.05 Å². The minimum Gasteiger partial charge on any atom is -0.351 e. The van der Waals surface area contributed by atoms with E-state index >= 15 is 0 Å². The molecule has 5 nitrogen and oxygen atoms in total. The lowest BCUT2D eigenvalue weighted by atomic mass is 10.0. The monoisotopic (exact) mass is 374 g/mol. The van der Waals surface area contributed by atoms with Gasteiger partial charge in [-0.3, -0.25) is 4.79 Å². The van der Waals surface area contributed by atoms with Crippen LogP contribution in [0, 0.1) is 5.82 Å². The van der Waals surface area contributed by atoms with Crippen LogP contribution in [0.5, 0.6) is 0 Å². The summed E-state index contributed by atoms with van der Waals surface area (Å²) in [6.07, 6.45) is 2.01. The zero-order chi connectivity index (χ0) is 19.3. The molecule has 2 aromatic carbocycles. The Labute approximate surface area is 161 Å². The molecule has 6 heteroatoms. The lowest BCUT2D eigenvalue weighted by Gasteiger charge is -2.10.